The Labute approximate surface area is 219 Å². The van der Waals surface area contributed by atoms with Gasteiger partial charge in [0.25, 0.3) is 0 Å². The zero-order chi connectivity index (χ0) is 27.3. The summed E-state index contributed by atoms with van der Waals surface area (Å²) in [7, 11) is 3.59. The molecule has 12 heteroatoms. The lowest BCUT2D eigenvalue weighted by atomic mass is 10.1. The largest absolute Gasteiger partial charge is 0.399 e. The Morgan fingerprint density at radius 2 is 2.00 bits per heavy atom. The van der Waals surface area contributed by atoms with E-state index in [1.165, 1.54) is 15.6 Å². The second kappa shape index (κ2) is 12.3. The van der Waals surface area contributed by atoms with E-state index < -0.39 is 29.7 Å². The molecule has 0 saturated heterocycles. The summed E-state index contributed by atoms with van der Waals surface area (Å²) in [6, 6.07) is 8.43. The summed E-state index contributed by atoms with van der Waals surface area (Å²) in [6.45, 7) is 1.22. The zero-order valence-electron chi connectivity index (χ0n) is 21.1. The lowest BCUT2D eigenvalue weighted by molar-refractivity contribution is -0.139. The van der Waals surface area contributed by atoms with Gasteiger partial charge in [-0.3, -0.25) is 14.3 Å². The van der Waals surface area contributed by atoms with Crippen LogP contribution in [0.25, 0.3) is 10.9 Å². The molecule has 3 rings (SSSR count). The van der Waals surface area contributed by atoms with Crippen LogP contribution in [0.4, 0.5) is 10.1 Å². The number of carbonyl (C=O) groups is 2. The molecule has 10 nitrogen and oxygen atoms in total. The first-order valence-corrected chi connectivity index (χ1v) is 12.2. The number of hydrogen-bond donors (Lipinski definition) is 4. The van der Waals surface area contributed by atoms with Crippen LogP contribution >= 0.6 is 11.6 Å². The van der Waals surface area contributed by atoms with Gasteiger partial charge in [-0.2, -0.15) is 5.10 Å². The Morgan fingerprint density at radius 1 is 1.27 bits per heavy atom. The maximum atomic E-state index is 14.7. The first-order chi connectivity index (χ1) is 17.5. The fraction of sp³-hybridized carbons (Fsp3) is 0.400. The van der Waals surface area contributed by atoms with Crippen LogP contribution in [0, 0.1) is 5.82 Å². The molecule has 2 aromatic carbocycles. The predicted octanol–water partition coefficient (Wildman–Crippen LogP) is 1.50. The highest BCUT2D eigenvalue weighted by Gasteiger charge is 2.26. The molecule has 1 aromatic heterocycles. The number of nitrogens with one attached hydrogen (secondary N) is 1. The summed E-state index contributed by atoms with van der Waals surface area (Å²) < 4.78 is 16.2. The number of amides is 2. The number of rotatable bonds is 11. The van der Waals surface area contributed by atoms with E-state index in [1.54, 1.807) is 56.3 Å². The molecule has 37 heavy (non-hydrogen) atoms. The van der Waals surface area contributed by atoms with Gasteiger partial charge in [-0.25, -0.2) is 4.39 Å². The topological polar surface area (TPSA) is 143 Å². The summed E-state index contributed by atoms with van der Waals surface area (Å²) >= 11 is 5.95. The Morgan fingerprint density at radius 3 is 2.65 bits per heavy atom. The van der Waals surface area contributed by atoms with Gasteiger partial charge in [0.15, 0.2) is 0 Å². The third-order valence-corrected chi connectivity index (χ3v) is 6.29. The molecular formula is C25H33ClFN7O3. The van der Waals surface area contributed by atoms with Gasteiger partial charge in [0.05, 0.1) is 41.5 Å². The zero-order valence-corrected chi connectivity index (χ0v) is 21.9. The number of nitrogen functional groups attached to an aromatic ring is 1. The van der Waals surface area contributed by atoms with E-state index in [9.17, 15) is 19.1 Å². The lowest BCUT2D eigenvalue weighted by Gasteiger charge is -2.29. The van der Waals surface area contributed by atoms with Gasteiger partial charge in [0.1, 0.15) is 12.4 Å². The molecule has 0 fully saturated rings. The number of hydrogen-bond acceptors (Lipinski definition) is 7. The lowest BCUT2D eigenvalue weighted by Crippen LogP contribution is -2.49. The van der Waals surface area contributed by atoms with Gasteiger partial charge < -0.3 is 31.7 Å². The van der Waals surface area contributed by atoms with Crippen molar-refractivity contribution in [1.82, 2.24) is 24.9 Å². The van der Waals surface area contributed by atoms with Gasteiger partial charge in [0, 0.05) is 29.7 Å². The Balaban J connectivity index is 1.82. The van der Waals surface area contributed by atoms with Crippen molar-refractivity contribution in [2.75, 3.05) is 39.5 Å². The molecule has 200 valence electrons. The molecule has 0 unspecified atom stereocenters. The molecular weight excluding hydrogens is 501 g/mol. The number of aliphatic hydroxyl groups is 1. The first kappa shape index (κ1) is 28.3. The van der Waals surface area contributed by atoms with Crippen molar-refractivity contribution < 1.29 is 19.1 Å². The van der Waals surface area contributed by atoms with Crippen LogP contribution < -0.4 is 16.8 Å². The quantitative estimate of drug-likeness (QED) is 0.273. The van der Waals surface area contributed by atoms with E-state index in [4.69, 9.17) is 23.1 Å². The number of halogens is 2. The van der Waals surface area contributed by atoms with Crippen LogP contribution in [0.3, 0.4) is 0 Å². The van der Waals surface area contributed by atoms with Crippen molar-refractivity contribution in [3.8, 4) is 0 Å². The van der Waals surface area contributed by atoms with E-state index in [2.05, 4.69) is 10.4 Å². The van der Waals surface area contributed by atoms with Gasteiger partial charge >= 0.3 is 0 Å². The molecule has 0 bridgehead atoms. The second-order valence-electron chi connectivity index (χ2n) is 9.16. The number of aliphatic hydroxyl groups excluding tert-OH is 1. The van der Waals surface area contributed by atoms with Crippen molar-refractivity contribution in [3.63, 3.8) is 0 Å². The maximum Gasteiger partial charge on any atom is 0.245 e. The van der Waals surface area contributed by atoms with Crippen molar-refractivity contribution in [2.45, 2.75) is 32.1 Å². The average molecular weight is 534 g/mol. The number of carbonyl (C=O) groups excluding carboxylic acids is 2. The Bertz CT molecular complexity index is 1270. The normalized spacial score (nSPS) is 13.1. The monoisotopic (exact) mass is 533 g/mol. The van der Waals surface area contributed by atoms with E-state index >= 15 is 0 Å². The van der Waals surface area contributed by atoms with Crippen molar-refractivity contribution in [1.29, 1.82) is 0 Å². The fourth-order valence-electron chi connectivity index (χ4n) is 4.11. The Hall–Kier alpha value is -3.25. The molecule has 2 amide bonds. The number of nitrogens with zero attached hydrogens (tertiary/aromatic N) is 4. The van der Waals surface area contributed by atoms with Gasteiger partial charge in [0.2, 0.25) is 11.8 Å². The van der Waals surface area contributed by atoms with Crippen LogP contribution in [-0.2, 0) is 22.7 Å². The van der Waals surface area contributed by atoms with Crippen molar-refractivity contribution in [3.05, 3.63) is 58.5 Å². The summed E-state index contributed by atoms with van der Waals surface area (Å²) in [6.07, 6.45) is 0. The predicted molar refractivity (Wildman–Crippen MR) is 141 cm³/mol. The molecule has 0 spiro atoms. The van der Waals surface area contributed by atoms with E-state index in [-0.39, 0.29) is 36.8 Å². The van der Waals surface area contributed by atoms with E-state index in [0.29, 0.717) is 23.4 Å². The highest BCUT2D eigenvalue weighted by molar-refractivity contribution is 6.30. The van der Waals surface area contributed by atoms with Gasteiger partial charge in [-0.15, -0.1) is 0 Å². The molecule has 2 atom stereocenters. The average Bonchev–Trinajstić information content (AvgIpc) is 3.19. The first-order valence-electron chi connectivity index (χ1n) is 11.8. The van der Waals surface area contributed by atoms with Crippen LogP contribution in [0.15, 0.2) is 36.4 Å². The van der Waals surface area contributed by atoms with E-state index in [0.717, 1.165) is 5.39 Å². The smallest absolute Gasteiger partial charge is 0.245 e. The van der Waals surface area contributed by atoms with Crippen LogP contribution in [0.1, 0.15) is 24.2 Å². The number of anilines is 1. The highest BCUT2D eigenvalue weighted by atomic mass is 35.5. The molecule has 0 aliphatic carbocycles. The van der Waals surface area contributed by atoms with Crippen molar-refractivity contribution >= 4 is 40.0 Å². The number of likely N-dealkylation sites (N-methyl/N-ethyl adjacent to an activating group) is 1. The maximum absolute atomic E-state index is 14.7. The number of aromatic nitrogens is 2. The molecule has 6 N–H and O–H groups in total. The van der Waals surface area contributed by atoms with Crippen LogP contribution in [0.5, 0.6) is 0 Å². The summed E-state index contributed by atoms with van der Waals surface area (Å²) in [4.78, 5) is 29.5. The minimum Gasteiger partial charge on any atom is -0.399 e. The van der Waals surface area contributed by atoms with Crippen molar-refractivity contribution in [2.24, 2.45) is 5.73 Å². The molecule has 1 heterocycles. The minimum atomic E-state index is -0.713. The number of nitrogens with two attached hydrogens (primary N) is 2. The molecule has 0 aliphatic heterocycles. The van der Waals surface area contributed by atoms with Crippen LogP contribution in [0.2, 0.25) is 5.02 Å². The second-order valence-corrected chi connectivity index (χ2v) is 9.57. The fourth-order valence-corrected chi connectivity index (χ4v) is 4.29. The molecule has 0 radical (unpaired) electrons. The van der Waals surface area contributed by atoms with Gasteiger partial charge in [-0.05, 0) is 45.3 Å². The summed E-state index contributed by atoms with van der Waals surface area (Å²) in [5.41, 5.74) is 13.7. The highest BCUT2D eigenvalue weighted by Crippen LogP contribution is 2.24. The number of fused-ring (bicyclic) bond motifs is 1. The van der Waals surface area contributed by atoms with Crippen LogP contribution in [-0.4, -0.2) is 76.3 Å². The molecule has 0 saturated carbocycles. The summed E-state index contributed by atoms with van der Waals surface area (Å²) in [5.74, 6) is -1.56. The third-order valence-electron chi connectivity index (χ3n) is 6.00. The van der Waals surface area contributed by atoms with Gasteiger partial charge in [-0.1, -0.05) is 23.7 Å². The number of benzene rings is 2. The SMILES string of the molecule is C[C@H](CO)N(CC(=O)N[C@H](CN(C)C)c1cccc(Cl)c1F)C(=O)Cn1nc(CN)c2cc(N)ccc21. The Kier molecular flexibility index (Phi) is 9.44. The standard InChI is InChI=1S/C25H33ClFN7O3/c1-15(14-35)33(24(37)13-34-22-8-7-16(29)9-18(22)20(10-28)31-34)12-23(36)30-21(11-32(2)3)17-5-4-6-19(26)25(17)27/h4-9,15,21,35H,10-14,28-29H2,1-3H3,(H,30,36)/t15-,21-/m1/s1. The van der Waals surface area contributed by atoms with E-state index in [1.807, 2.05) is 0 Å². The minimum absolute atomic E-state index is 0.0498. The third kappa shape index (κ3) is 6.75. The molecule has 3 aromatic rings. The molecule has 0 aliphatic rings. The summed E-state index contributed by atoms with van der Waals surface area (Å²) in [5, 5.41) is 17.7.